The lowest BCUT2D eigenvalue weighted by molar-refractivity contribution is -0.127. The largest absolute Gasteiger partial charge is 0.391 e. The van der Waals surface area contributed by atoms with E-state index in [9.17, 15) is 9.90 Å². The third-order valence-corrected chi connectivity index (χ3v) is 4.58. The van der Waals surface area contributed by atoms with Gasteiger partial charge in [0.15, 0.2) is 5.82 Å². The van der Waals surface area contributed by atoms with Crippen molar-refractivity contribution in [2.45, 2.75) is 45.3 Å². The van der Waals surface area contributed by atoms with E-state index in [0.29, 0.717) is 31.6 Å². The Labute approximate surface area is 159 Å². The van der Waals surface area contributed by atoms with Crippen LogP contribution in [0.15, 0.2) is 34.9 Å². The van der Waals surface area contributed by atoms with Crippen molar-refractivity contribution < 1.29 is 14.4 Å². The second-order valence-corrected chi connectivity index (χ2v) is 7.10. The summed E-state index contributed by atoms with van der Waals surface area (Å²) in [5, 5.41) is 17.0. The summed E-state index contributed by atoms with van der Waals surface area (Å²) in [6.07, 6.45) is 0.536. The topological polar surface area (TPSA) is 140 Å². The number of hydrogen-bond acceptors (Lipinski definition) is 7. The maximum atomic E-state index is 12.5. The van der Waals surface area contributed by atoms with Crippen LogP contribution in [0, 0.1) is 11.8 Å². The smallest absolute Gasteiger partial charge is 0.318 e. The van der Waals surface area contributed by atoms with E-state index in [4.69, 9.17) is 16.0 Å². The number of carbonyl (C=O) groups is 1. The van der Waals surface area contributed by atoms with Crippen LogP contribution in [0.25, 0.3) is 0 Å². The first kappa shape index (κ1) is 20.9. The van der Waals surface area contributed by atoms with Crippen LogP contribution in [0.5, 0.6) is 0 Å². The third-order valence-electron chi connectivity index (χ3n) is 4.58. The Morgan fingerprint density at radius 2 is 2.00 bits per heavy atom. The SMILES string of the molecule is CC(C)[C@@H](C[C@H](O)[C@@H](N)Cc1ccccc1)C(=O)NCCc1noc(N)n1. The summed E-state index contributed by atoms with van der Waals surface area (Å²) >= 11 is 0. The van der Waals surface area contributed by atoms with Crippen LogP contribution in [0.1, 0.15) is 31.7 Å². The molecule has 6 N–H and O–H groups in total. The molecule has 0 radical (unpaired) electrons. The van der Waals surface area contributed by atoms with Gasteiger partial charge in [0.1, 0.15) is 0 Å². The lowest BCUT2D eigenvalue weighted by atomic mass is 9.86. The van der Waals surface area contributed by atoms with E-state index in [0.717, 1.165) is 5.56 Å². The molecule has 1 amide bonds. The summed E-state index contributed by atoms with van der Waals surface area (Å²) in [5.74, 6) is 0.0628. The van der Waals surface area contributed by atoms with Crippen molar-refractivity contribution in [2.75, 3.05) is 12.3 Å². The molecule has 8 nitrogen and oxygen atoms in total. The first-order valence-corrected chi connectivity index (χ1v) is 9.20. The maximum Gasteiger partial charge on any atom is 0.318 e. The van der Waals surface area contributed by atoms with E-state index >= 15 is 0 Å². The minimum absolute atomic E-state index is 0.00640. The molecule has 0 fully saturated rings. The molecule has 2 aromatic rings. The van der Waals surface area contributed by atoms with Crippen LogP contribution < -0.4 is 16.8 Å². The van der Waals surface area contributed by atoms with Crippen molar-refractivity contribution in [1.82, 2.24) is 15.5 Å². The van der Waals surface area contributed by atoms with Gasteiger partial charge in [0.25, 0.3) is 0 Å². The molecule has 8 heteroatoms. The number of carbonyl (C=O) groups excluding carboxylic acids is 1. The molecule has 148 valence electrons. The van der Waals surface area contributed by atoms with E-state index in [2.05, 4.69) is 15.5 Å². The minimum atomic E-state index is -0.764. The number of aromatic nitrogens is 2. The Bertz CT molecular complexity index is 704. The zero-order valence-electron chi connectivity index (χ0n) is 15.8. The van der Waals surface area contributed by atoms with Crippen LogP contribution in [-0.4, -0.2) is 39.8 Å². The molecule has 2 rings (SSSR count). The molecule has 0 saturated carbocycles. The van der Waals surface area contributed by atoms with Gasteiger partial charge in [-0.3, -0.25) is 4.79 Å². The number of nitrogens with zero attached hydrogens (tertiary/aromatic N) is 2. The number of aliphatic hydroxyl groups is 1. The van der Waals surface area contributed by atoms with Gasteiger partial charge in [0, 0.05) is 24.9 Å². The normalized spacial score (nSPS) is 14.7. The molecule has 1 aromatic heterocycles. The maximum absolute atomic E-state index is 12.5. The molecule has 0 saturated heterocycles. The van der Waals surface area contributed by atoms with Crippen molar-refractivity contribution in [1.29, 1.82) is 0 Å². The Hall–Kier alpha value is -2.45. The Morgan fingerprint density at radius 1 is 1.30 bits per heavy atom. The number of nitrogens with two attached hydrogens (primary N) is 2. The van der Waals surface area contributed by atoms with Crippen molar-refractivity contribution in [2.24, 2.45) is 17.6 Å². The Kier molecular flexibility index (Phi) is 7.75. The van der Waals surface area contributed by atoms with Crippen LogP contribution in [-0.2, 0) is 17.6 Å². The zero-order valence-corrected chi connectivity index (χ0v) is 15.8. The lowest BCUT2D eigenvalue weighted by Crippen LogP contribution is -2.42. The van der Waals surface area contributed by atoms with E-state index < -0.39 is 12.1 Å². The van der Waals surface area contributed by atoms with E-state index in [1.165, 1.54) is 0 Å². The van der Waals surface area contributed by atoms with Crippen molar-refractivity contribution in [3.05, 3.63) is 41.7 Å². The third kappa shape index (κ3) is 6.65. The summed E-state index contributed by atoms with van der Waals surface area (Å²) < 4.78 is 4.69. The highest BCUT2D eigenvalue weighted by atomic mass is 16.5. The summed E-state index contributed by atoms with van der Waals surface area (Å²) in [6.45, 7) is 4.28. The average molecular weight is 375 g/mol. The second kappa shape index (κ2) is 10.0. The second-order valence-electron chi connectivity index (χ2n) is 7.10. The average Bonchev–Trinajstić information content (AvgIpc) is 3.05. The number of anilines is 1. The quantitative estimate of drug-likeness (QED) is 0.483. The number of nitrogens with one attached hydrogen (secondary N) is 1. The fourth-order valence-electron chi connectivity index (χ4n) is 2.94. The van der Waals surface area contributed by atoms with Gasteiger partial charge in [-0.05, 0) is 24.3 Å². The molecule has 3 atom stereocenters. The summed E-state index contributed by atoms with van der Waals surface area (Å²) in [5.41, 5.74) is 12.6. The number of aliphatic hydroxyl groups excluding tert-OH is 1. The highest BCUT2D eigenvalue weighted by molar-refractivity contribution is 5.78. The predicted molar refractivity (Wildman–Crippen MR) is 102 cm³/mol. The molecule has 0 spiro atoms. The fourth-order valence-corrected chi connectivity index (χ4v) is 2.94. The number of benzene rings is 1. The minimum Gasteiger partial charge on any atom is -0.391 e. The first-order valence-electron chi connectivity index (χ1n) is 9.20. The molecule has 0 bridgehead atoms. The van der Waals surface area contributed by atoms with E-state index in [1.807, 2.05) is 44.2 Å². The highest BCUT2D eigenvalue weighted by Crippen LogP contribution is 2.20. The van der Waals surface area contributed by atoms with Crippen LogP contribution in [0.3, 0.4) is 0 Å². The molecule has 0 aliphatic carbocycles. The lowest BCUT2D eigenvalue weighted by Gasteiger charge is -2.26. The van der Waals surface area contributed by atoms with Gasteiger partial charge in [-0.1, -0.05) is 49.3 Å². The van der Waals surface area contributed by atoms with Crippen LogP contribution in [0.2, 0.25) is 0 Å². The number of rotatable bonds is 10. The molecule has 1 aromatic carbocycles. The zero-order chi connectivity index (χ0) is 19.8. The van der Waals surface area contributed by atoms with Crippen LogP contribution >= 0.6 is 0 Å². The van der Waals surface area contributed by atoms with E-state index in [1.54, 1.807) is 0 Å². The monoisotopic (exact) mass is 375 g/mol. The van der Waals surface area contributed by atoms with Gasteiger partial charge in [0.2, 0.25) is 5.91 Å². The van der Waals surface area contributed by atoms with Crippen molar-refractivity contribution >= 4 is 11.9 Å². The van der Waals surface area contributed by atoms with Gasteiger partial charge < -0.3 is 26.4 Å². The molecule has 27 heavy (non-hydrogen) atoms. The summed E-state index contributed by atoms with van der Waals surface area (Å²) in [6, 6.07) is 9.35. The van der Waals surface area contributed by atoms with Gasteiger partial charge in [0.05, 0.1) is 6.10 Å². The molecule has 0 aliphatic rings. The fraction of sp³-hybridized carbons (Fsp3) is 0.526. The van der Waals surface area contributed by atoms with E-state index in [-0.39, 0.29) is 23.8 Å². The van der Waals surface area contributed by atoms with Gasteiger partial charge in [-0.2, -0.15) is 4.98 Å². The molecule has 1 heterocycles. The summed E-state index contributed by atoms with van der Waals surface area (Å²) in [7, 11) is 0. The van der Waals surface area contributed by atoms with Gasteiger partial charge in [-0.25, -0.2) is 0 Å². The predicted octanol–water partition coefficient (Wildman–Crippen LogP) is 0.904. The van der Waals surface area contributed by atoms with Crippen molar-refractivity contribution in [3.8, 4) is 0 Å². The number of amides is 1. The molecule has 0 unspecified atom stereocenters. The first-order chi connectivity index (χ1) is 12.9. The van der Waals surface area contributed by atoms with Gasteiger partial charge in [-0.15, -0.1) is 0 Å². The standard InChI is InChI=1S/C19H29N5O3/c1-12(2)14(18(26)22-9-8-17-23-19(21)27-24-17)11-16(25)15(20)10-13-6-4-3-5-7-13/h3-7,12,14-16,25H,8-11,20H2,1-2H3,(H,22,26)(H2,21,23,24)/t14-,15+,16+/m1/s1. The Balaban J connectivity index is 1.84. The highest BCUT2D eigenvalue weighted by Gasteiger charge is 2.27. The molecular formula is C19H29N5O3. The van der Waals surface area contributed by atoms with Crippen LogP contribution in [0.4, 0.5) is 6.01 Å². The summed E-state index contributed by atoms with van der Waals surface area (Å²) in [4.78, 5) is 16.4. The van der Waals surface area contributed by atoms with Gasteiger partial charge >= 0.3 is 6.01 Å². The Morgan fingerprint density at radius 3 is 2.59 bits per heavy atom. The number of hydrogen-bond donors (Lipinski definition) is 4. The molecular weight excluding hydrogens is 346 g/mol. The molecule has 0 aliphatic heterocycles. The van der Waals surface area contributed by atoms with Crippen molar-refractivity contribution in [3.63, 3.8) is 0 Å². The number of nitrogen functional groups attached to an aromatic ring is 1.